The first-order chi connectivity index (χ1) is 5.20. The summed E-state index contributed by atoms with van der Waals surface area (Å²) in [4.78, 5) is 10.5. The Labute approximate surface area is 67.3 Å². The van der Waals surface area contributed by atoms with Crippen LogP contribution in [0.4, 0.5) is 4.79 Å². The molecule has 3 nitrogen and oxygen atoms in total. The van der Waals surface area contributed by atoms with Gasteiger partial charge in [0.25, 0.3) is 0 Å². The molecular formula is C8H16N2O. The molecule has 0 spiro atoms. The first-order valence-corrected chi connectivity index (χ1v) is 4.26. The average Bonchev–Trinajstić information content (AvgIpc) is 2.35. The van der Waals surface area contributed by atoms with Gasteiger partial charge in [-0.15, -0.1) is 0 Å². The van der Waals surface area contributed by atoms with Crippen LogP contribution in [-0.2, 0) is 0 Å². The van der Waals surface area contributed by atoms with Crippen LogP contribution in [0, 0.1) is 5.92 Å². The summed E-state index contributed by atoms with van der Waals surface area (Å²) in [6.45, 7) is 2.03. The number of hydrogen-bond acceptors (Lipinski definition) is 1. The summed E-state index contributed by atoms with van der Waals surface area (Å²) in [6.07, 6.45) is 5.08. The van der Waals surface area contributed by atoms with Crippen molar-refractivity contribution in [3.63, 3.8) is 0 Å². The molecule has 3 N–H and O–H groups in total. The van der Waals surface area contributed by atoms with Crippen LogP contribution >= 0.6 is 0 Å². The predicted octanol–water partition coefficient (Wildman–Crippen LogP) is 1.23. The molecule has 0 aliphatic heterocycles. The molecule has 0 radical (unpaired) electrons. The van der Waals surface area contributed by atoms with Gasteiger partial charge in [-0.05, 0) is 25.7 Å². The van der Waals surface area contributed by atoms with E-state index in [1.54, 1.807) is 0 Å². The van der Waals surface area contributed by atoms with Crippen LogP contribution < -0.4 is 11.1 Å². The van der Waals surface area contributed by atoms with Crippen LogP contribution in [0.25, 0.3) is 0 Å². The Bertz CT molecular complexity index is 141. The van der Waals surface area contributed by atoms with E-state index in [0.717, 1.165) is 0 Å². The summed E-state index contributed by atoms with van der Waals surface area (Å²) < 4.78 is 0. The van der Waals surface area contributed by atoms with Gasteiger partial charge in [0, 0.05) is 6.04 Å². The number of hydrogen-bond donors (Lipinski definition) is 2. The van der Waals surface area contributed by atoms with E-state index in [0.29, 0.717) is 5.92 Å². The quantitative estimate of drug-likeness (QED) is 0.620. The van der Waals surface area contributed by atoms with Gasteiger partial charge >= 0.3 is 6.03 Å². The average molecular weight is 156 g/mol. The lowest BCUT2D eigenvalue weighted by molar-refractivity contribution is 0.241. The first kappa shape index (κ1) is 8.37. The molecule has 0 aromatic heterocycles. The molecule has 0 aromatic rings. The van der Waals surface area contributed by atoms with Gasteiger partial charge in [-0.3, -0.25) is 0 Å². The van der Waals surface area contributed by atoms with Crippen molar-refractivity contribution in [3.05, 3.63) is 0 Å². The third-order valence-corrected chi connectivity index (χ3v) is 2.48. The van der Waals surface area contributed by atoms with E-state index in [1.165, 1.54) is 25.7 Å². The Balaban J connectivity index is 2.28. The minimum Gasteiger partial charge on any atom is -0.352 e. The lowest BCUT2D eigenvalue weighted by atomic mass is 10.0. The lowest BCUT2D eigenvalue weighted by Crippen LogP contribution is -2.40. The molecule has 1 aliphatic carbocycles. The summed E-state index contributed by atoms with van der Waals surface area (Å²) in [7, 11) is 0. The van der Waals surface area contributed by atoms with Crippen LogP contribution in [0.1, 0.15) is 32.6 Å². The van der Waals surface area contributed by atoms with Gasteiger partial charge < -0.3 is 11.1 Å². The Morgan fingerprint density at radius 2 is 2.09 bits per heavy atom. The molecule has 1 rings (SSSR count). The fourth-order valence-electron chi connectivity index (χ4n) is 1.80. The summed E-state index contributed by atoms with van der Waals surface area (Å²) in [5, 5.41) is 2.72. The maximum Gasteiger partial charge on any atom is 0.312 e. The minimum atomic E-state index is -0.399. The zero-order valence-electron chi connectivity index (χ0n) is 6.97. The summed E-state index contributed by atoms with van der Waals surface area (Å²) in [5.74, 6) is 0.655. The number of nitrogens with one attached hydrogen (secondary N) is 1. The molecule has 1 atom stereocenters. The van der Waals surface area contributed by atoms with E-state index in [-0.39, 0.29) is 6.04 Å². The number of carbonyl (C=O) groups excluding carboxylic acids is 1. The Morgan fingerprint density at radius 3 is 2.55 bits per heavy atom. The molecule has 0 aromatic carbocycles. The van der Waals surface area contributed by atoms with E-state index in [4.69, 9.17) is 5.73 Å². The van der Waals surface area contributed by atoms with Crippen molar-refractivity contribution in [1.29, 1.82) is 0 Å². The zero-order valence-corrected chi connectivity index (χ0v) is 6.97. The molecule has 11 heavy (non-hydrogen) atoms. The second kappa shape index (κ2) is 3.60. The molecular weight excluding hydrogens is 140 g/mol. The first-order valence-electron chi connectivity index (χ1n) is 4.26. The largest absolute Gasteiger partial charge is 0.352 e. The van der Waals surface area contributed by atoms with Crippen molar-refractivity contribution in [2.24, 2.45) is 11.7 Å². The van der Waals surface area contributed by atoms with Crippen molar-refractivity contribution in [1.82, 2.24) is 5.32 Å². The molecule has 0 saturated heterocycles. The Kier molecular flexibility index (Phi) is 2.74. The predicted molar refractivity (Wildman–Crippen MR) is 44.1 cm³/mol. The van der Waals surface area contributed by atoms with Crippen molar-refractivity contribution in [3.8, 4) is 0 Å². The van der Waals surface area contributed by atoms with E-state index in [9.17, 15) is 4.79 Å². The van der Waals surface area contributed by atoms with Crippen LogP contribution in [-0.4, -0.2) is 12.1 Å². The lowest BCUT2D eigenvalue weighted by Gasteiger charge is -2.18. The molecule has 2 amide bonds. The molecule has 1 aliphatic rings. The molecule has 64 valence electrons. The fraction of sp³-hybridized carbons (Fsp3) is 0.875. The maximum absolute atomic E-state index is 10.5. The van der Waals surface area contributed by atoms with Crippen LogP contribution in [0.2, 0.25) is 0 Å². The number of amides is 2. The van der Waals surface area contributed by atoms with E-state index in [1.807, 2.05) is 6.92 Å². The monoisotopic (exact) mass is 156 g/mol. The number of nitrogens with two attached hydrogens (primary N) is 1. The van der Waals surface area contributed by atoms with E-state index in [2.05, 4.69) is 5.32 Å². The number of rotatable bonds is 2. The smallest absolute Gasteiger partial charge is 0.312 e. The van der Waals surface area contributed by atoms with Gasteiger partial charge in [-0.1, -0.05) is 12.8 Å². The summed E-state index contributed by atoms with van der Waals surface area (Å²) in [6, 6.07) is -0.139. The fourth-order valence-corrected chi connectivity index (χ4v) is 1.80. The zero-order chi connectivity index (χ0) is 8.27. The van der Waals surface area contributed by atoms with Crippen molar-refractivity contribution < 1.29 is 4.79 Å². The second-order valence-corrected chi connectivity index (χ2v) is 3.34. The number of carbonyl (C=O) groups is 1. The summed E-state index contributed by atoms with van der Waals surface area (Å²) in [5.41, 5.74) is 5.01. The minimum absolute atomic E-state index is 0.259. The van der Waals surface area contributed by atoms with Gasteiger partial charge in [0.2, 0.25) is 0 Å². The Hall–Kier alpha value is -0.730. The SMILES string of the molecule is CC(NC(N)=O)C1CCCC1. The van der Waals surface area contributed by atoms with E-state index < -0.39 is 6.03 Å². The van der Waals surface area contributed by atoms with Crippen molar-refractivity contribution in [2.75, 3.05) is 0 Å². The normalized spacial score (nSPS) is 21.5. The second-order valence-electron chi connectivity index (χ2n) is 3.34. The van der Waals surface area contributed by atoms with Gasteiger partial charge in [0.1, 0.15) is 0 Å². The molecule has 3 heteroatoms. The third kappa shape index (κ3) is 2.41. The van der Waals surface area contributed by atoms with Crippen LogP contribution in [0.3, 0.4) is 0 Å². The number of urea groups is 1. The van der Waals surface area contributed by atoms with Crippen molar-refractivity contribution in [2.45, 2.75) is 38.6 Å². The molecule has 0 bridgehead atoms. The molecule has 1 saturated carbocycles. The standard InChI is InChI=1S/C8H16N2O/c1-6(10-8(9)11)7-4-2-3-5-7/h6-7H,2-5H2,1H3,(H3,9,10,11). The Morgan fingerprint density at radius 1 is 1.55 bits per heavy atom. The number of primary amides is 1. The van der Waals surface area contributed by atoms with Gasteiger partial charge in [0.15, 0.2) is 0 Å². The summed E-state index contributed by atoms with van der Waals surface area (Å²) >= 11 is 0. The van der Waals surface area contributed by atoms with E-state index >= 15 is 0 Å². The highest BCUT2D eigenvalue weighted by atomic mass is 16.2. The molecule has 1 unspecified atom stereocenters. The third-order valence-electron chi connectivity index (χ3n) is 2.48. The highest BCUT2D eigenvalue weighted by Gasteiger charge is 2.21. The maximum atomic E-state index is 10.5. The van der Waals surface area contributed by atoms with Crippen LogP contribution in [0.5, 0.6) is 0 Å². The van der Waals surface area contributed by atoms with Crippen molar-refractivity contribution >= 4 is 6.03 Å². The highest BCUT2D eigenvalue weighted by Crippen LogP contribution is 2.27. The van der Waals surface area contributed by atoms with Gasteiger partial charge in [0.05, 0.1) is 0 Å². The van der Waals surface area contributed by atoms with Crippen LogP contribution in [0.15, 0.2) is 0 Å². The van der Waals surface area contributed by atoms with Gasteiger partial charge in [-0.2, -0.15) is 0 Å². The molecule has 0 heterocycles. The topological polar surface area (TPSA) is 55.1 Å². The molecule has 1 fully saturated rings. The highest BCUT2D eigenvalue weighted by molar-refractivity contribution is 5.71. The van der Waals surface area contributed by atoms with Gasteiger partial charge in [-0.25, -0.2) is 4.79 Å².